The van der Waals surface area contributed by atoms with Crippen molar-refractivity contribution >= 4 is 0 Å². The van der Waals surface area contributed by atoms with Crippen LogP contribution < -0.4 is 0 Å². The molecule has 1 aliphatic heterocycles. The minimum atomic E-state index is -0.143. The summed E-state index contributed by atoms with van der Waals surface area (Å²) in [5, 5.41) is 10.6. The molecule has 1 N–H and O–H groups in total. The molecule has 0 aromatic rings. The molecule has 0 radical (unpaired) electrons. The van der Waals surface area contributed by atoms with Gasteiger partial charge in [-0.25, -0.2) is 0 Å². The van der Waals surface area contributed by atoms with E-state index in [4.69, 9.17) is 4.74 Å². The molecule has 1 heterocycles. The molecule has 94 valence electrons. The van der Waals surface area contributed by atoms with Crippen molar-refractivity contribution in [3.05, 3.63) is 0 Å². The van der Waals surface area contributed by atoms with E-state index in [0.29, 0.717) is 17.3 Å². The maximum absolute atomic E-state index is 10.6. The summed E-state index contributed by atoms with van der Waals surface area (Å²) < 4.78 is 5.50. The van der Waals surface area contributed by atoms with Gasteiger partial charge >= 0.3 is 0 Å². The summed E-state index contributed by atoms with van der Waals surface area (Å²) in [7, 11) is 0. The van der Waals surface area contributed by atoms with Crippen molar-refractivity contribution in [2.45, 2.75) is 58.5 Å². The van der Waals surface area contributed by atoms with Crippen LogP contribution in [0.1, 0.15) is 52.4 Å². The molecule has 2 rings (SSSR count). The molecule has 1 saturated heterocycles. The van der Waals surface area contributed by atoms with Crippen LogP contribution in [0.3, 0.4) is 0 Å². The monoisotopic (exact) mass is 226 g/mol. The van der Waals surface area contributed by atoms with E-state index in [0.717, 1.165) is 26.1 Å². The predicted octanol–water partition coefficient (Wildman–Crippen LogP) is 2.99. The first-order valence-corrected chi connectivity index (χ1v) is 6.87. The van der Waals surface area contributed by atoms with Crippen LogP contribution in [0, 0.1) is 17.3 Å². The standard InChI is InChI=1S/C14H26O2/c1-14(2)8-4-3-7-12(14)13(15)11-6-5-9-16-10-11/h11-13,15H,3-10H2,1-2H3. The van der Waals surface area contributed by atoms with E-state index < -0.39 is 0 Å². The minimum Gasteiger partial charge on any atom is -0.392 e. The largest absolute Gasteiger partial charge is 0.392 e. The molecule has 2 heteroatoms. The maximum Gasteiger partial charge on any atom is 0.0623 e. The molecular formula is C14H26O2. The first kappa shape index (κ1) is 12.4. The third kappa shape index (κ3) is 2.60. The van der Waals surface area contributed by atoms with Gasteiger partial charge < -0.3 is 9.84 Å². The van der Waals surface area contributed by atoms with Crippen molar-refractivity contribution in [2.24, 2.45) is 17.3 Å². The van der Waals surface area contributed by atoms with Gasteiger partial charge in [-0.2, -0.15) is 0 Å². The van der Waals surface area contributed by atoms with Gasteiger partial charge in [0, 0.05) is 12.5 Å². The SMILES string of the molecule is CC1(C)CCCCC1C(O)C1CCCOC1. The Morgan fingerprint density at radius 3 is 2.62 bits per heavy atom. The third-order valence-electron chi connectivity index (χ3n) is 4.68. The second-order valence-corrected chi connectivity index (χ2v) is 6.31. The normalized spacial score (nSPS) is 36.9. The zero-order valence-electron chi connectivity index (χ0n) is 10.7. The lowest BCUT2D eigenvalue weighted by Crippen LogP contribution is -2.43. The van der Waals surface area contributed by atoms with Crippen LogP contribution >= 0.6 is 0 Å². The van der Waals surface area contributed by atoms with Crippen LogP contribution in [0.4, 0.5) is 0 Å². The highest BCUT2D eigenvalue weighted by Gasteiger charge is 2.40. The molecule has 0 bridgehead atoms. The summed E-state index contributed by atoms with van der Waals surface area (Å²) in [5.41, 5.74) is 0.315. The van der Waals surface area contributed by atoms with Gasteiger partial charge in [0.2, 0.25) is 0 Å². The van der Waals surface area contributed by atoms with Crippen LogP contribution in [0.2, 0.25) is 0 Å². The molecule has 2 fully saturated rings. The first-order chi connectivity index (χ1) is 7.61. The molecule has 1 saturated carbocycles. The summed E-state index contributed by atoms with van der Waals surface area (Å²) in [6.45, 7) is 6.30. The predicted molar refractivity (Wildman–Crippen MR) is 65.3 cm³/mol. The van der Waals surface area contributed by atoms with Gasteiger partial charge in [-0.1, -0.05) is 26.7 Å². The Bertz CT molecular complexity index is 219. The van der Waals surface area contributed by atoms with Crippen LogP contribution in [-0.4, -0.2) is 24.4 Å². The van der Waals surface area contributed by atoms with Crippen molar-refractivity contribution in [1.82, 2.24) is 0 Å². The summed E-state index contributed by atoms with van der Waals surface area (Å²) in [6.07, 6.45) is 7.21. The molecule has 0 aromatic carbocycles. The van der Waals surface area contributed by atoms with Crippen LogP contribution in [0.5, 0.6) is 0 Å². The van der Waals surface area contributed by atoms with Crippen LogP contribution in [-0.2, 0) is 4.74 Å². The number of rotatable bonds is 2. The van der Waals surface area contributed by atoms with Gasteiger partial charge in [0.25, 0.3) is 0 Å². The lowest BCUT2D eigenvalue weighted by atomic mass is 9.64. The Labute approximate surface area is 99.4 Å². The maximum atomic E-state index is 10.6. The summed E-state index contributed by atoms with van der Waals surface area (Å²) >= 11 is 0. The van der Waals surface area contributed by atoms with Gasteiger partial charge in [-0.3, -0.25) is 0 Å². The van der Waals surface area contributed by atoms with Crippen LogP contribution in [0.15, 0.2) is 0 Å². The quantitative estimate of drug-likeness (QED) is 0.784. The van der Waals surface area contributed by atoms with E-state index in [1.165, 1.54) is 25.7 Å². The molecule has 2 nitrogen and oxygen atoms in total. The average molecular weight is 226 g/mol. The highest BCUT2D eigenvalue weighted by atomic mass is 16.5. The number of aliphatic hydroxyl groups is 1. The van der Waals surface area contributed by atoms with E-state index in [1.807, 2.05) is 0 Å². The molecule has 0 aromatic heterocycles. The van der Waals surface area contributed by atoms with Crippen molar-refractivity contribution in [3.8, 4) is 0 Å². The second kappa shape index (κ2) is 5.05. The lowest BCUT2D eigenvalue weighted by Gasteiger charge is -2.44. The van der Waals surface area contributed by atoms with Crippen molar-refractivity contribution < 1.29 is 9.84 Å². The molecular weight excluding hydrogens is 200 g/mol. The average Bonchev–Trinajstić information content (AvgIpc) is 2.29. The zero-order valence-corrected chi connectivity index (χ0v) is 10.7. The Morgan fingerprint density at radius 1 is 1.19 bits per heavy atom. The number of ether oxygens (including phenoxy) is 1. The van der Waals surface area contributed by atoms with Crippen molar-refractivity contribution in [2.75, 3.05) is 13.2 Å². The van der Waals surface area contributed by atoms with Crippen molar-refractivity contribution in [1.29, 1.82) is 0 Å². The lowest BCUT2D eigenvalue weighted by molar-refractivity contribution is -0.0716. The first-order valence-electron chi connectivity index (χ1n) is 6.87. The number of aliphatic hydroxyl groups excluding tert-OH is 1. The summed E-state index contributed by atoms with van der Waals surface area (Å²) in [5.74, 6) is 0.865. The fraction of sp³-hybridized carbons (Fsp3) is 1.00. The van der Waals surface area contributed by atoms with E-state index in [-0.39, 0.29) is 6.10 Å². The Morgan fingerprint density at radius 2 is 2.00 bits per heavy atom. The van der Waals surface area contributed by atoms with E-state index in [2.05, 4.69) is 13.8 Å². The van der Waals surface area contributed by atoms with Gasteiger partial charge in [0.05, 0.1) is 12.7 Å². The number of hydrogen-bond donors (Lipinski definition) is 1. The van der Waals surface area contributed by atoms with Gasteiger partial charge in [-0.15, -0.1) is 0 Å². The topological polar surface area (TPSA) is 29.5 Å². The third-order valence-corrected chi connectivity index (χ3v) is 4.68. The summed E-state index contributed by atoms with van der Waals surface area (Å²) in [6, 6.07) is 0. The van der Waals surface area contributed by atoms with Crippen LogP contribution in [0.25, 0.3) is 0 Å². The molecule has 3 unspecified atom stereocenters. The highest BCUT2D eigenvalue weighted by molar-refractivity contribution is 4.90. The summed E-state index contributed by atoms with van der Waals surface area (Å²) in [4.78, 5) is 0. The fourth-order valence-corrected chi connectivity index (χ4v) is 3.52. The zero-order chi connectivity index (χ0) is 11.6. The minimum absolute atomic E-state index is 0.143. The molecule has 3 atom stereocenters. The number of hydrogen-bond acceptors (Lipinski definition) is 2. The van der Waals surface area contributed by atoms with Gasteiger partial charge in [0.1, 0.15) is 0 Å². The molecule has 0 amide bonds. The Kier molecular flexibility index (Phi) is 3.91. The van der Waals surface area contributed by atoms with Gasteiger partial charge in [-0.05, 0) is 37.0 Å². The Balaban J connectivity index is 1.98. The highest BCUT2D eigenvalue weighted by Crippen LogP contribution is 2.44. The molecule has 1 aliphatic carbocycles. The molecule has 0 spiro atoms. The molecule has 16 heavy (non-hydrogen) atoms. The Hall–Kier alpha value is -0.0800. The second-order valence-electron chi connectivity index (χ2n) is 6.31. The van der Waals surface area contributed by atoms with Gasteiger partial charge in [0.15, 0.2) is 0 Å². The molecule has 2 aliphatic rings. The van der Waals surface area contributed by atoms with E-state index in [1.54, 1.807) is 0 Å². The fourth-order valence-electron chi connectivity index (χ4n) is 3.52. The smallest absolute Gasteiger partial charge is 0.0623 e. The van der Waals surface area contributed by atoms with E-state index in [9.17, 15) is 5.11 Å². The van der Waals surface area contributed by atoms with E-state index >= 15 is 0 Å². The van der Waals surface area contributed by atoms with Crippen molar-refractivity contribution in [3.63, 3.8) is 0 Å².